The lowest BCUT2D eigenvalue weighted by molar-refractivity contribution is 0.108. The van der Waals surface area contributed by atoms with Crippen LogP contribution in [0.2, 0.25) is 0 Å². The van der Waals surface area contributed by atoms with Crippen molar-refractivity contribution < 1.29 is 9.53 Å². The molecule has 2 amide bonds. The Hall–Kier alpha value is -1.27. The predicted octanol–water partition coefficient (Wildman–Crippen LogP) is 2.46. The second-order valence-electron chi connectivity index (χ2n) is 5.78. The molecule has 1 aromatic carbocycles. The fourth-order valence-corrected chi connectivity index (χ4v) is 3.35. The summed E-state index contributed by atoms with van der Waals surface area (Å²) in [4.78, 5) is 16.4. The minimum absolute atomic E-state index is 0.0318. The van der Waals surface area contributed by atoms with Gasteiger partial charge >= 0.3 is 6.03 Å². The summed E-state index contributed by atoms with van der Waals surface area (Å²) in [5.74, 6) is 0. The summed E-state index contributed by atoms with van der Waals surface area (Å²) in [5.41, 5.74) is 1.20. The number of anilines is 1. The van der Waals surface area contributed by atoms with Crippen molar-refractivity contribution in [1.82, 2.24) is 10.2 Å². The number of amides is 2. The lowest BCUT2D eigenvalue weighted by Gasteiger charge is -2.36. The van der Waals surface area contributed by atoms with E-state index in [1.807, 2.05) is 17.0 Å². The number of rotatable bonds is 3. The van der Waals surface area contributed by atoms with E-state index in [0.29, 0.717) is 6.54 Å². The second-order valence-corrected chi connectivity index (χ2v) is 6.69. The molecule has 2 aliphatic heterocycles. The Morgan fingerprint density at radius 2 is 2.14 bits per heavy atom. The molecule has 2 fully saturated rings. The minimum atomic E-state index is 0.0318. The summed E-state index contributed by atoms with van der Waals surface area (Å²) in [6.45, 7) is 4.69. The molecule has 0 saturated carbocycles. The number of benzene rings is 1. The molecule has 1 aromatic rings. The summed E-state index contributed by atoms with van der Waals surface area (Å²) < 4.78 is 6.62. The zero-order valence-corrected chi connectivity index (χ0v) is 14.2. The van der Waals surface area contributed by atoms with E-state index in [2.05, 4.69) is 38.3 Å². The largest absolute Gasteiger partial charge is 0.376 e. The molecule has 0 radical (unpaired) electrons. The monoisotopic (exact) mass is 367 g/mol. The maximum atomic E-state index is 12.2. The Bertz CT molecular complexity index is 512. The fraction of sp³-hybridized carbons (Fsp3) is 0.562. The number of hydrogen-bond donors (Lipinski definition) is 1. The average molecular weight is 368 g/mol. The molecule has 22 heavy (non-hydrogen) atoms. The first kappa shape index (κ1) is 15.6. The lowest BCUT2D eigenvalue weighted by atomic mass is 10.2. The van der Waals surface area contributed by atoms with Crippen molar-refractivity contribution >= 4 is 27.6 Å². The van der Waals surface area contributed by atoms with Crippen molar-refractivity contribution in [3.8, 4) is 0 Å². The van der Waals surface area contributed by atoms with Gasteiger partial charge in [0.2, 0.25) is 0 Å². The molecule has 1 atom stereocenters. The van der Waals surface area contributed by atoms with Gasteiger partial charge in [0.25, 0.3) is 0 Å². The highest BCUT2D eigenvalue weighted by atomic mass is 79.9. The van der Waals surface area contributed by atoms with Gasteiger partial charge in [-0.15, -0.1) is 0 Å². The van der Waals surface area contributed by atoms with E-state index in [9.17, 15) is 4.79 Å². The van der Waals surface area contributed by atoms with Gasteiger partial charge in [0, 0.05) is 49.5 Å². The molecule has 2 heterocycles. The van der Waals surface area contributed by atoms with Crippen molar-refractivity contribution in [2.45, 2.75) is 18.9 Å². The smallest absolute Gasteiger partial charge is 0.317 e. The molecule has 0 aliphatic carbocycles. The van der Waals surface area contributed by atoms with E-state index in [4.69, 9.17) is 4.74 Å². The highest BCUT2D eigenvalue weighted by Crippen LogP contribution is 2.21. The second kappa shape index (κ2) is 7.33. The summed E-state index contributed by atoms with van der Waals surface area (Å²) in [5, 5.41) is 2.99. The number of carbonyl (C=O) groups is 1. The van der Waals surface area contributed by atoms with Gasteiger partial charge in [-0.2, -0.15) is 0 Å². The minimum Gasteiger partial charge on any atom is -0.376 e. The molecule has 0 bridgehead atoms. The van der Waals surface area contributed by atoms with Crippen molar-refractivity contribution in [1.29, 1.82) is 0 Å². The molecule has 2 aliphatic rings. The van der Waals surface area contributed by atoms with Gasteiger partial charge < -0.3 is 19.9 Å². The van der Waals surface area contributed by atoms with Crippen molar-refractivity contribution in [2.75, 3.05) is 44.2 Å². The maximum absolute atomic E-state index is 12.2. The number of halogens is 1. The standard InChI is InChI=1S/C16H22BrN3O2/c17-13-3-1-4-14(11-13)19-6-8-20(9-7-19)16(21)18-12-15-5-2-10-22-15/h1,3-4,11,15H,2,5-10,12H2,(H,18,21). The highest BCUT2D eigenvalue weighted by Gasteiger charge is 2.23. The summed E-state index contributed by atoms with van der Waals surface area (Å²) >= 11 is 3.50. The van der Waals surface area contributed by atoms with Gasteiger partial charge in [-0.1, -0.05) is 22.0 Å². The van der Waals surface area contributed by atoms with Crippen LogP contribution in [0, 0.1) is 0 Å². The van der Waals surface area contributed by atoms with Gasteiger partial charge in [-0.05, 0) is 31.0 Å². The molecular formula is C16H22BrN3O2. The molecular weight excluding hydrogens is 346 g/mol. The topological polar surface area (TPSA) is 44.8 Å². The Labute approximate surface area is 139 Å². The van der Waals surface area contributed by atoms with Crippen molar-refractivity contribution in [3.63, 3.8) is 0 Å². The van der Waals surface area contributed by atoms with Crippen LogP contribution in [0.5, 0.6) is 0 Å². The number of hydrogen-bond acceptors (Lipinski definition) is 3. The van der Waals surface area contributed by atoms with Crippen LogP contribution in [-0.4, -0.2) is 56.4 Å². The van der Waals surface area contributed by atoms with Gasteiger partial charge in [0.1, 0.15) is 0 Å². The first-order valence-corrected chi connectivity index (χ1v) is 8.66. The van der Waals surface area contributed by atoms with E-state index >= 15 is 0 Å². The zero-order chi connectivity index (χ0) is 15.4. The van der Waals surface area contributed by atoms with Crippen molar-refractivity contribution in [3.05, 3.63) is 28.7 Å². The average Bonchev–Trinajstić information content (AvgIpc) is 3.06. The first-order chi connectivity index (χ1) is 10.7. The van der Waals surface area contributed by atoms with Crippen LogP contribution in [-0.2, 0) is 4.74 Å². The summed E-state index contributed by atoms with van der Waals surface area (Å²) in [6.07, 6.45) is 2.36. The third-order valence-electron chi connectivity index (χ3n) is 4.25. The predicted molar refractivity (Wildman–Crippen MR) is 90.3 cm³/mol. The SMILES string of the molecule is O=C(NCC1CCCO1)N1CCN(c2cccc(Br)c2)CC1. The van der Waals surface area contributed by atoms with Crippen molar-refractivity contribution in [2.24, 2.45) is 0 Å². The Morgan fingerprint density at radius 1 is 1.32 bits per heavy atom. The molecule has 2 saturated heterocycles. The number of nitrogens with zero attached hydrogens (tertiary/aromatic N) is 2. The van der Waals surface area contributed by atoms with Crippen LogP contribution in [0.4, 0.5) is 10.5 Å². The molecule has 1 N–H and O–H groups in total. The van der Waals surface area contributed by atoms with Crippen LogP contribution >= 0.6 is 15.9 Å². The fourth-order valence-electron chi connectivity index (χ4n) is 2.96. The number of urea groups is 1. The molecule has 0 spiro atoms. The maximum Gasteiger partial charge on any atom is 0.317 e. The first-order valence-electron chi connectivity index (χ1n) is 7.87. The lowest BCUT2D eigenvalue weighted by Crippen LogP contribution is -2.52. The summed E-state index contributed by atoms with van der Waals surface area (Å²) in [6, 6.07) is 8.33. The van der Waals surface area contributed by atoms with E-state index in [1.54, 1.807) is 0 Å². The van der Waals surface area contributed by atoms with Gasteiger partial charge in [-0.25, -0.2) is 4.79 Å². The number of nitrogens with one attached hydrogen (secondary N) is 1. The Morgan fingerprint density at radius 3 is 2.82 bits per heavy atom. The number of ether oxygens (including phenoxy) is 1. The van der Waals surface area contributed by atoms with Crippen LogP contribution in [0.15, 0.2) is 28.7 Å². The van der Waals surface area contributed by atoms with Gasteiger partial charge in [-0.3, -0.25) is 0 Å². The van der Waals surface area contributed by atoms with E-state index in [1.165, 1.54) is 5.69 Å². The summed E-state index contributed by atoms with van der Waals surface area (Å²) in [7, 11) is 0. The van der Waals surface area contributed by atoms with E-state index in [-0.39, 0.29) is 12.1 Å². The van der Waals surface area contributed by atoms with Gasteiger partial charge in [0.15, 0.2) is 0 Å². The number of piperazine rings is 1. The third-order valence-corrected chi connectivity index (χ3v) is 4.74. The van der Waals surface area contributed by atoms with E-state index < -0.39 is 0 Å². The van der Waals surface area contributed by atoms with Crippen LogP contribution in [0.25, 0.3) is 0 Å². The van der Waals surface area contributed by atoms with E-state index in [0.717, 1.165) is 50.1 Å². The van der Waals surface area contributed by atoms with Crippen LogP contribution in [0.3, 0.4) is 0 Å². The number of carbonyl (C=O) groups excluding carboxylic acids is 1. The molecule has 6 heteroatoms. The molecule has 0 aromatic heterocycles. The molecule has 3 rings (SSSR count). The van der Waals surface area contributed by atoms with Crippen LogP contribution < -0.4 is 10.2 Å². The highest BCUT2D eigenvalue weighted by molar-refractivity contribution is 9.10. The Balaban J connectivity index is 1.45. The quantitative estimate of drug-likeness (QED) is 0.892. The molecule has 120 valence electrons. The van der Waals surface area contributed by atoms with Gasteiger partial charge in [0.05, 0.1) is 6.10 Å². The molecule has 5 nitrogen and oxygen atoms in total. The zero-order valence-electron chi connectivity index (χ0n) is 12.6. The van der Waals surface area contributed by atoms with Crippen LogP contribution in [0.1, 0.15) is 12.8 Å². The third kappa shape index (κ3) is 3.93. The molecule has 1 unspecified atom stereocenters. The normalized spacial score (nSPS) is 22.0. The Kier molecular flexibility index (Phi) is 5.20.